The number of halogens is 1. The molecule has 2 aromatic rings. The number of carbonyl (C=O) groups is 3. The summed E-state index contributed by atoms with van der Waals surface area (Å²) >= 11 is 8.47. The van der Waals surface area contributed by atoms with E-state index in [4.69, 9.17) is 17.3 Å². The number of nitrogens with one attached hydrogen (secondary N) is 1. The Kier molecular flexibility index (Phi) is 4.97. The van der Waals surface area contributed by atoms with Gasteiger partial charge in [0.2, 0.25) is 0 Å². The first kappa shape index (κ1) is 18.0. The van der Waals surface area contributed by atoms with Crippen LogP contribution in [0.3, 0.4) is 0 Å². The third-order valence-electron chi connectivity index (χ3n) is 3.66. The predicted molar refractivity (Wildman–Crippen MR) is 104 cm³/mol. The zero-order chi connectivity index (χ0) is 18.8. The van der Waals surface area contributed by atoms with Crippen molar-refractivity contribution in [1.82, 2.24) is 5.32 Å². The van der Waals surface area contributed by atoms with Gasteiger partial charge in [0.25, 0.3) is 11.8 Å². The van der Waals surface area contributed by atoms with Crippen LogP contribution in [0.25, 0.3) is 6.08 Å². The summed E-state index contributed by atoms with van der Waals surface area (Å²) in [5, 5.41) is 11.5. The van der Waals surface area contributed by atoms with Crippen molar-refractivity contribution >= 4 is 62.8 Å². The minimum Gasteiger partial charge on any atom is -0.478 e. The summed E-state index contributed by atoms with van der Waals surface area (Å²) in [4.78, 5) is 37.4. The van der Waals surface area contributed by atoms with Crippen molar-refractivity contribution in [3.05, 3.63) is 69.7 Å². The third kappa shape index (κ3) is 3.42. The lowest BCUT2D eigenvalue weighted by Crippen LogP contribution is -2.54. The molecule has 6 nitrogen and oxygen atoms in total. The fraction of sp³-hybridized carbons (Fsp3) is 0. The van der Waals surface area contributed by atoms with Crippen molar-refractivity contribution in [2.45, 2.75) is 0 Å². The monoisotopic (exact) mass is 430 g/mol. The minimum atomic E-state index is -1.13. The van der Waals surface area contributed by atoms with Gasteiger partial charge < -0.3 is 5.11 Å². The molecular formula is C18H11BrN2O4S. The molecule has 1 aliphatic heterocycles. The van der Waals surface area contributed by atoms with E-state index in [0.29, 0.717) is 5.56 Å². The molecule has 1 heterocycles. The van der Waals surface area contributed by atoms with E-state index in [-0.39, 0.29) is 21.9 Å². The van der Waals surface area contributed by atoms with Crippen LogP contribution in [0.5, 0.6) is 0 Å². The van der Waals surface area contributed by atoms with Crippen molar-refractivity contribution in [1.29, 1.82) is 0 Å². The molecule has 0 saturated carbocycles. The molecule has 3 rings (SSSR count). The second-order valence-corrected chi connectivity index (χ2v) is 6.58. The van der Waals surface area contributed by atoms with E-state index in [9.17, 15) is 14.4 Å². The van der Waals surface area contributed by atoms with E-state index in [0.717, 1.165) is 9.37 Å². The number of carbonyl (C=O) groups excluding carboxylic acids is 2. The number of aromatic carboxylic acids is 1. The summed E-state index contributed by atoms with van der Waals surface area (Å²) in [5.41, 5.74) is 0.813. The van der Waals surface area contributed by atoms with Crippen molar-refractivity contribution in [2.75, 3.05) is 4.90 Å². The Balaban J connectivity index is 2.05. The Bertz CT molecular complexity index is 987. The molecule has 0 aliphatic carbocycles. The topological polar surface area (TPSA) is 86.7 Å². The van der Waals surface area contributed by atoms with Gasteiger partial charge in [0.05, 0.1) is 11.3 Å². The largest absolute Gasteiger partial charge is 0.478 e. The number of carboxylic acid groups (broad SMARTS) is 1. The summed E-state index contributed by atoms with van der Waals surface area (Å²) in [6.45, 7) is 0. The van der Waals surface area contributed by atoms with Gasteiger partial charge in [-0.3, -0.25) is 19.8 Å². The van der Waals surface area contributed by atoms with Crippen LogP contribution in [0.1, 0.15) is 15.9 Å². The lowest BCUT2D eigenvalue weighted by Gasteiger charge is -2.29. The maximum atomic E-state index is 12.9. The molecule has 0 bridgehead atoms. The van der Waals surface area contributed by atoms with Crippen LogP contribution in [-0.2, 0) is 9.59 Å². The van der Waals surface area contributed by atoms with Crippen molar-refractivity contribution in [3.8, 4) is 0 Å². The van der Waals surface area contributed by atoms with Crippen LogP contribution in [0, 0.1) is 0 Å². The standard InChI is InChI=1S/C18H11BrN2O4S/c19-14-7-2-1-4-10(14)9-13-15(22)20-18(26)21(16(13)23)12-6-3-5-11(8-12)17(24)25/h1-9H,(H,24,25)(H,20,22,26). The fourth-order valence-corrected chi connectivity index (χ4v) is 3.10. The SMILES string of the molecule is O=C1NC(=S)N(c2cccc(C(=O)O)c2)C(=O)C1=Cc1ccccc1Br. The fourth-order valence-electron chi connectivity index (χ4n) is 2.42. The number of hydrogen-bond acceptors (Lipinski definition) is 4. The van der Waals surface area contributed by atoms with E-state index in [2.05, 4.69) is 21.2 Å². The molecule has 0 radical (unpaired) electrons. The normalized spacial score (nSPS) is 16.0. The number of nitrogens with zero attached hydrogens (tertiary/aromatic N) is 1. The molecule has 2 aromatic carbocycles. The van der Waals surface area contributed by atoms with Crippen molar-refractivity contribution < 1.29 is 19.5 Å². The molecule has 2 amide bonds. The molecule has 26 heavy (non-hydrogen) atoms. The van der Waals surface area contributed by atoms with E-state index in [1.165, 1.54) is 24.3 Å². The van der Waals surface area contributed by atoms with Gasteiger partial charge in [-0.25, -0.2) is 4.79 Å². The van der Waals surface area contributed by atoms with Gasteiger partial charge in [-0.15, -0.1) is 0 Å². The summed E-state index contributed by atoms with van der Waals surface area (Å²) in [6.07, 6.45) is 1.46. The Morgan fingerprint density at radius 2 is 1.88 bits per heavy atom. The summed E-state index contributed by atoms with van der Waals surface area (Å²) in [6, 6.07) is 12.9. The van der Waals surface area contributed by atoms with Gasteiger partial charge in [-0.05, 0) is 48.1 Å². The molecular weight excluding hydrogens is 420 g/mol. The van der Waals surface area contributed by atoms with Gasteiger partial charge in [-0.1, -0.05) is 40.2 Å². The first-order valence-electron chi connectivity index (χ1n) is 7.38. The quantitative estimate of drug-likeness (QED) is 0.444. The number of rotatable bonds is 3. The molecule has 1 aliphatic rings. The maximum Gasteiger partial charge on any atom is 0.335 e. The highest BCUT2D eigenvalue weighted by Gasteiger charge is 2.34. The van der Waals surface area contributed by atoms with Crippen LogP contribution in [0.15, 0.2) is 58.6 Å². The number of benzene rings is 2. The first-order chi connectivity index (χ1) is 12.4. The van der Waals surface area contributed by atoms with Gasteiger partial charge >= 0.3 is 5.97 Å². The molecule has 0 aromatic heterocycles. The Morgan fingerprint density at radius 3 is 2.58 bits per heavy atom. The summed E-state index contributed by atoms with van der Waals surface area (Å²) in [5.74, 6) is -2.37. The van der Waals surface area contributed by atoms with Crippen LogP contribution < -0.4 is 10.2 Å². The Hall–Kier alpha value is -2.84. The highest BCUT2D eigenvalue weighted by Crippen LogP contribution is 2.25. The first-order valence-corrected chi connectivity index (χ1v) is 8.58. The number of anilines is 1. The van der Waals surface area contributed by atoms with E-state index in [1.54, 1.807) is 24.3 Å². The highest BCUT2D eigenvalue weighted by molar-refractivity contribution is 9.10. The van der Waals surface area contributed by atoms with Gasteiger partial charge in [-0.2, -0.15) is 0 Å². The predicted octanol–water partition coefficient (Wildman–Crippen LogP) is 2.98. The molecule has 0 spiro atoms. The second-order valence-electron chi connectivity index (χ2n) is 5.33. The second kappa shape index (κ2) is 7.19. The molecule has 0 unspecified atom stereocenters. The average molecular weight is 431 g/mol. The molecule has 2 N–H and O–H groups in total. The third-order valence-corrected chi connectivity index (χ3v) is 4.66. The van der Waals surface area contributed by atoms with Crippen molar-refractivity contribution in [2.24, 2.45) is 0 Å². The van der Waals surface area contributed by atoms with E-state index < -0.39 is 17.8 Å². The zero-order valence-corrected chi connectivity index (χ0v) is 15.5. The molecule has 0 atom stereocenters. The highest BCUT2D eigenvalue weighted by atomic mass is 79.9. The van der Waals surface area contributed by atoms with Gasteiger partial charge in [0.15, 0.2) is 5.11 Å². The number of carboxylic acids is 1. The summed E-state index contributed by atoms with van der Waals surface area (Å²) in [7, 11) is 0. The van der Waals surface area contributed by atoms with Gasteiger partial charge in [0, 0.05) is 4.47 Å². The molecule has 130 valence electrons. The smallest absolute Gasteiger partial charge is 0.335 e. The average Bonchev–Trinajstić information content (AvgIpc) is 2.60. The molecule has 1 saturated heterocycles. The van der Waals surface area contributed by atoms with E-state index >= 15 is 0 Å². The van der Waals surface area contributed by atoms with E-state index in [1.807, 2.05) is 6.07 Å². The number of hydrogen-bond donors (Lipinski definition) is 2. The molecule has 1 fully saturated rings. The van der Waals surface area contributed by atoms with Gasteiger partial charge in [0.1, 0.15) is 5.57 Å². The van der Waals surface area contributed by atoms with Crippen LogP contribution in [0.2, 0.25) is 0 Å². The lowest BCUT2D eigenvalue weighted by molar-refractivity contribution is -0.122. The van der Waals surface area contributed by atoms with Crippen LogP contribution in [-0.4, -0.2) is 28.0 Å². The van der Waals surface area contributed by atoms with Crippen molar-refractivity contribution in [3.63, 3.8) is 0 Å². The maximum absolute atomic E-state index is 12.9. The number of thiocarbonyl (C=S) groups is 1. The van der Waals surface area contributed by atoms with Crippen LogP contribution >= 0.6 is 28.1 Å². The minimum absolute atomic E-state index is 0.00586. The summed E-state index contributed by atoms with van der Waals surface area (Å²) < 4.78 is 0.723. The Morgan fingerprint density at radius 1 is 1.15 bits per heavy atom. The zero-order valence-electron chi connectivity index (χ0n) is 13.1. The lowest BCUT2D eigenvalue weighted by atomic mass is 10.1. The van der Waals surface area contributed by atoms with Crippen LogP contribution in [0.4, 0.5) is 5.69 Å². The molecule has 8 heteroatoms. The Labute approximate surface area is 162 Å². The number of amides is 2.